The van der Waals surface area contributed by atoms with Crippen molar-refractivity contribution < 1.29 is 9.59 Å². The number of hydrogen-bond donors (Lipinski definition) is 2. The van der Waals surface area contributed by atoms with E-state index in [1.165, 1.54) is 11.0 Å². The number of carbonyl (C=O) groups excluding carboxylic acids is 2. The SMILES string of the molecule is Cc1cc(C)n(CC(=O)NNC(=O)/C=C/c2ccc(C)s2)n1. The van der Waals surface area contributed by atoms with Gasteiger partial charge in [-0.3, -0.25) is 25.1 Å². The number of nitrogens with zero attached hydrogens (tertiary/aromatic N) is 2. The van der Waals surface area contributed by atoms with Crippen molar-refractivity contribution >= 4 is 29.2 Å². The maximum absolute atomic E-state index is 11.7. The second kappa shape index (κ2) is 7.04. The summed E-state index contributed by atoms with van der Waals surface area (Å²) in [5, 5.41) is 4.19. The molecule has 0 bridgehead atoms. The largest absolute Gasteiger partial charge is 0.271 e. The third-order valence-corrected chi connectivity index (χ3v) is 3.85. The Kier molecular flexibility index (Phi) is 5.11. The van der Waals surface area contributed by atoms with Crippen LogP contribution < -0.4 is 10.9 Å². The Hall–Kier alpha value is -2.41. The van der Waals surface area contributed by atoms with E-state index in [2.05, 4.69) is 16.0 Å². The number of rotatable bonds is 4. The molecule has 0 aliphatic rings. The maximum atomic E-state index is 11.7. The van der Waals surface area contributed by atoms with Gasteiger partial charge in [0.15, 0.2) is 0 Å². The molecule has 2 N–H and O–H groups in total. The summed E-state index contributed by atoms with van der Waals surface area (Å²) in [5.74, 6) is -0.715. The molecule has 2 amide bonds. The molecule has 2 rings (SSSR count). The highest BCUT2D eigenvalue weighted by atomic mass is 32.1. The molecule has 7 heteroatoms. The van der Waals surface area contributed by atoms with Gasteiger partial charge in [0, 0.05) is 21.5 Å². The number of thiophene rings is 1. The summed E-state index contributed by atoms with van der Waals surface area (Å²) < 4.78 is 1.58. The molecule has 116 valence electrons. The molecule has 0 fully saturated rings. The van der Waals surface area contributed by atoms with Crippen LogP contribution in [0.2, 0.25) is 0 Å². The lowest BCUT2D eigenvalue weighted by molar-refractivity contribution is -0.127. The fraction of sp³-hybridized carbons (Fsp3) is 0.267. The molecule has 22 heavy (non-hydrogen) atoms. The first kappa shape index (κ1) is 16.0. The van der Waals surface area contributed by atoms with E-state index in [0.717, 1.165) is 16.3 Å². The normalized spacial score (nSPS) is 10.9. The van der Waals surface area contributed by atoms with Crippen molar-refractivity contribution in [2.45, 2.75) is 27.3 Å². The van der Waals surface area contributed by atoms with E-state index in [0.29, 0.717) is 0 Å². The molecule has 0 radical (unpaired) electrons. The van der Waals surface area contributed by atoms with Crippen molar-refractivity contribution in [3.05, 3.63) is 45.4 Å². The molecule has 0 aliphatic heterocycles. The van der Waals surface area contributed by atoms with Gasteiger partial charge in [-0.15, -0.1) is 11.3 Å². The zero-order chi connectivity index (χ0) is 16.1. The van der Waals surface area contributed by atoms with E-state index in [1.54, 1.807) is 22.1 Å². The van der Waals surface area contributed by atoms with Crippen molar-refractivity contribution in [3.63, 3.8) is 0 Å². The number of hydrazine groups is 1. The Morgan fingerprint density at radius 2 is 2.05 bits per heavy atom. The minimum Gasteiger partial charge on any atom is -0.271 e. The first-order valence-corrected chi connectivity index (χ1v) is 7.60. The monoisotopic (exact) mass is 318 g/mol. The molecule has 0 saturated carbocycles. The molecular formula is C15H18N4O2S. The van der Waals surface area contributed by atoms with E-state index in [9.17, 15) is 9.59 Å². The van der Waals surface area contributed by atoms with E-state index >= 15 is 0 Å². The van der Waals surface area contributed by atoms with Crippen LogP contribution in [0.1, 0.15) is 21.1 Å². The summed E-state index contributed by atoms with van der Waals surface area (Å²) in [5.41, 5.74) is 6.45. The van der Waals surface area contributed by atoms with E-state index < -0.39 is 0 Å². The lowest BCUT2D eigenvalue weighted by atomic mass is 10.4. The van der Waals surface area contributed by atoms with Crippen molar-refractivity contribution in [1.29, 1.82) is 0 Å². The molecule has 2 aromatic rings. The average molecular weight is 318 g/mol. The fourth-order valence-electron chi connectivity index (χ4n) is 1.88. The van der Waals surface area contributed by atoms with Crippen molar-refractivity contribution in [2.24, 2.45) is 0 Å². The zero-order valence-electron chi connectivity index (χ0n) is 12.7. The smallest absolute Gasteiger partial charge is 0.262 e. The molecule has 0 aliphatic carbocycles. The minimum atomic E-state index is -0.382. The van der Waals surface area contributed by atoms with Gasteiger partial charge in [0.25, 0.3) is 11.8 Å². The van der Waals surface area contributed by atoms with Crippen LogP contribution in [0.25, 0.3) is 6.08 Å². The number of aryl methyl sites for hydroxylation is 3. The van der Waals surface area contributed by atoms with Gasteiger partial charge in [0.05, 0.1) is 5.69 Å². The zero-order valence-corrected chi connectivity index (χ0v) is 13.5. The Labute approximate surface area is 132 Å². The average Bonchev–Trinajstić information content (AvgIpc) is 3.00. The molecule has 2 heterocycles. The molecule has 0 aromatic carbocycles. The standard InChI is InChI=1S/C15H18N4O2S/c1-10-8-11(2)19(18-10)9-15(21)17-16-14(20)7-6-13-5-4-12(3)22-13/h4-8H,9H2,1-3H3,(H,16,20)(H,17,21)/b7-6+. The van der Waals surface area contributed by atoms with Crippen LogP contribution in [0.3, 0.4) is 0 Å². The van der Waals surface area contributed by atoms with Crippen LogP contribution in [-0.2, 0) is 16.1 Å². The quantitative estimate of drug-likeness (QED) is 0.666. The van der Waals surface area contributed by atoms with Gasteiger partial charge in [-0.25, -0.2) is 0 Å². The molecule has 0 spiro atoms. The summed E-state index contributed by atoms with van der Waals surface area (Å²) in [6.07, 6.45) is 3.09. The van der Waals surface area contributed by atoms with Crippen molar-refractivity contribution in [1.82, 2.24) is 20.6 Å². The summed E-state index contributed by atoms with van der Waals surface area (Å²) in [7, 11) is 0. The van der Waals surface area contributed by atoms with Crippen LogP contribution in [0, 0.1) is 20.8 Å². The Morgan fingerprint density at radius 1 is 1.27 bits per heavy atom. The maximum Gasteiger partial charge on any atom is 0.262 e. The summed E-state index contributed by atoms with van der Waals surface area (Å²) >= 11 is 1.59. The Morgan fingerprint density at radius 3 is 2.64 bits per heavy atom. The Bertz CT molecular complexity index is 715. The fourth-order valence-corrected chi connectivity index (χ4v) is 2.66. The number of amides is 2. The predicted molar refractivity (Wildman–Crippen MR) is 86.1 cm³/mol. The summed E-state index contributed by atoms with van der Waals surface area (Å²) in [6.45, 7) is 5.80. The second-order valence-corrected chi connectivity index (χ2v) is 6.22. The van der Waals surface area contributed by atoms with Gasteiger partial charge in [0.1, 0.15) is 6.54 Å². The summed E-state index contributed by atoms with van der Waals surface area (Å²) in [4.78, 5) is 25.5. The highest BCUT2D eigenvalue weighted by Gasteiger charge is 2.07. The molecule has 0 atom stereocenters. The van der Waals surface area contributed by atoms with Gasteiger partial charge < -0.3 is 0 Å². The van der Waals surface area contributed by atoms with Crippen LogP contribution in [0.15, 0.2) is 24.3 Å². The highest BCUT2D eigenvalue weighted by Crippen LogP contribution is 2.16. The number of aromatic nitrogens is 2. The third kappa shape index (κ3) is 4.56. The molecule has 0 saturated heterocycles. The molecule has 6 nitrogen and oxygen atoms in total. The van der Waals surface area contributed by atoms with Crippen molar-refractivity contribution in [3.8, 4) is 0 Å². The molecular weight excluding hydrogens is 300 g/mol. The molecule has 0 unspecified atom stereocenters. The van der Waals surface area contributed by atoms with Crippen LogP contribution in [0.5, 0.6) is 0 Å². The van der Waals surface area contributed by atoms with Gasteiger partial charge in [0.2, 0.25) is 0 Å². The van der Waals surface area contributed by atoms with Crippen molar-refractivity contribution in [2.75, 3.05) is 0 Å². The topological polar surface area (TPSA) is 76.0 Å². The second-order valence-electron chi connectivity index (χ2n) is 4.90. The lowest BCUT2D eigenvalue weighted by Crippen LogP contribution is -2.42. The van der Waals surface area contributed by atoms with Gasteiger partial charge in [-0.05, 0) is 45.0 Å². The van der Waals surface area contributed by atoms with E-state index in [-0.39, 0.29) is 18.4 Å². The number of nitrogens with one attached hydrogen (secondary N) is 2. The van der Waals surface area contributed by atoms with Gasteiger partial charge in [-0.1, -0.05) is 0 Å². The van der Waals surface area contributed by atoms with Gasteiger partial charge >= 0.3 is 0 Å². The van der Waals surface area contributed by atoms with Crippen LogP contribution >= 0.6 is 11.3 Å². The summed E-state index contributed by atoms with van der Waals surface area (Å²) in [6, 6.07) is 5.81. The first-order chi connectivity index (χ1) is 10.4. The van der Waals surface area contributed by atoms with E-state index in [4.69, 9.17) is 0 Å². The first-order valence-electron chi connectivity index (χ1n) is 6.78. The number of hydrogen-bond acceptors (Lipinski definition) is 4. The van der Waals surface area contributed by atoms with Crippen LogP contribution in [0.4, 0.5) is 0 Å². The minimum absolute atomic E-state index is 0.0633. The Balaban J connectivity index is 1.79. The van der Waals surface area contributed by atoms with Crippen LogP contribution in [-0.4, -0.2) is 21.6 Å². The van der Waals surface area contributed by atoms with E-state index in [1.807, 2.05) is 39.0 Å². The predicted octanol–water partition coefficient (Wildman–Crippen LogP) is 1.73. The molecule has 2 aromatic heterocycles. The van der Waals surface area contributed by atoms with Gasteiger partial charge in [-0.2, -0.15) is 5.10 Å². The highest BCUT2D eigenvalue weighted by molar-refractivity contribution is 7.12. The number of carbonyl (C=O) groups is 2. The third-order valence-electron chi connectivity index (χ3n) is 2.88. The lowest BCUT2D eigenvalue weighted by Gasteiger charge is -2.06.